The Hall–Kier alpha value is -2.50. The second kappa shape index (κ2) is 9.60. The summed E-state index contributed by atoms with van der Waals surface area (Å²) in [5.74, 6) is 1.73. The SMILES string of the molecule is CN=C(NCCCc1cnn(C)c1)NCCc1ccc(OC)cc1. The molecular weight excluding hydrogens is 302 g/mol. The number of rotatable bonds is 8. The van der Waals surface area contributed by atoms with Gasteiger partial charge in [0.1, 0.15) is 5.75 Å². The number of benzene rings is 1. The molecular formula is C18H27N5O. The predicted octanol–water partition coefficient (Wildman–Crippen LogP) is 1.77. The first-order valence-electron chi connectivity index (χ1n) is 8.26. The van der Waals surface area contributed by atoms with Gasteiger partial charge in [0, 0.05) is 33.4 Å². The van der Waals surface area contributed by atoms with E-state index in [9.17, 15) is 0 Å². The quantitative estimate of drug-likeness (QED) is 0.440. The van der Waals surface area contributed by atoms with Gasteiger partial charge in [0.15, 0.2) is 5.96 Å². The average Bonchev–Trinajstić information content (AvgIpc) is 3.03. The van der Waals surface area contributed by atoms with Gasteiger partial charge in [0.25, 0.3) is 0 Å². The van der Waals surface area contributed by atoms with Crippen molar-refractivity contribution in [3.8, 4) is 5.75 Å². The molecule has 6 nitrogen and oxygen atoms in total. The Bertz CT molecular complexity index is 633. The van der Waals surface area contributed by atoms with Crippen LogP contribution in [0.2, 0.25) is 0 Å². The molecule has 24 heavy (non-hydrogen) atoms. The van der Waals surface area contributed by atoms with Gasteiger partial charge in [-0.15, -0.1) is 0 Å². The van der Waals surface area contributed by atoms with Gasteiger partial charge in [-0.05, 0) is 42.5 Å². The number of aromatic nitrogens is 2. The number of methoxy groups -OCH3 is 1. The van der Waals surface area contributed by atoms with Crippen molar-refractivity contribution in [3.63, 3.8) is 0 Å². The van der Waals surface area contributed by atoms with Crippen LogP contribution in [0.15, 0.2) is 41.7 Å². The van der Waals surface area contributed by atoms with Crippen molar-refractivity contribution in [2.24, 2.45) is 12.0 Å². The van der Waals surface area contributed by atoms with E-state index in [1.807, 2.05) is 30.1 Å². The molecule has 1 aromatic heterocycles. The molecule has 6 heteroatoms. The number of aliphatic imine (C=N–C) groups is 1. The first-order chi connectivity index (χ1) is 11.7. The van der Waals surface area contributed by atoms with E-state index in [0.717, 1.165) is 44.1 Å². The summed E-state index contributed by atoms with van der Waals surface area (Å²) in [5, 5.41) is 10.9. The second-order valence-electron chi connectivity index (χ2n) is 5.65. The first-order valence-corrected chi connectivity index (χ1v) is 8.26. The number of hydrogen-bond acceptors (Lipinski definition) is 3. The van der Waals surface area contributed by atoms with Crippen LogP contribution in [0, 0.1) is 0 Å². The molecule has 0 spiro atoms. The molecule has 0 aliphatic heterocycles. The van der Waals surface area contributed by atoms with Gasteiger partial charge < -0.3 is 15.4 Å². The van der Waals surface area contributed by atoms with Crippen LogP contribution >= 0.6 is 0 Å². The van der Waals surface area contributed by atoms with Gasteiger partial charge in [0.05, 0.1) is 13.3 Å². The molecule has 0 unspecified atom stereocenters. The zero-order chi connectivity index (χ0) is 17.2. The lowest BCUT2D eigenvalue weighted by Gasteiger charge is -2.11. The van der Waals surface area contributed by atoms with Gasteiger partial charge in [0.2, 0.25) is 0 Å². The minimum absolute atomic E-state index is 0.842. The lowest BCUT2D eigenvalue weighted by molar-refractivity contribution is 0.414. The minimum Gasteiger partial charge on any atom is -0.497 e. The number of guanidine groups is 1. The van der Waals surface area contributed by atoms with E-state index >= 15 is 0 Å². The largest absolute Gasteiger partial charge is 0.497 e. The third kappa shape index (κ3) is 5.95. The number of hydrogen-bond donors (Lipinski definition) is 2. The molecule has 0 radical (unpaired) electrons. The Kier molecular flexibility index (Phi) is 7.14. The standard InChI is InChI=1S/C18H27N5O/c1-19-18(20-11-4-5-16-13-22-23(2)14-16)21-12-10-15-6-8-17(24-3)9-7-15/h6-9,13-14H,4-5,10-12H2,1-3H3,(H2,19,20,21). The monoisotopic (exact) mass is 329 g/mol. The fourth-order valence-corrected chi connectivity index (χ4v) is 2.44. The molecule has 2 aromatic rings. The molecule has 0 atom stereocenters. The van der Waals surface area contributed by atoms with Crippen LogP contribution < -0.4 is 15.4 Å². The molecule has 0 bridgehead atoms. The van der Waals surface area contributed by atoms with Crippen LogP contribution in [0.25, 0.3) is 0 Å². The molecule has 0 aliphatic rings. The van der Waals surface area contributed by atoms with Crippen molar-refractivity contribution in [3.05, 3.63) is 47.8 Å². The number of aryl methyl sites for hydroxylation is 2. The summed E-state index contributed by atoms with van der Waals surface area (Å²) in [7, 11) is 5.42. The number of nitrogens with one attached hydrogen (secondary N) is 2. The van der Waals surface area contributed by atoms with E-state index in [0.29, 0.717) is 0 Å². The highest BCUT2D eigenvalue weighted by Gasteiger charge is 2.00. The zero-order valence-corrected chi connectivity index (χ0v) is 14.7. The smallest absolute Gasteiger partial charge is 0.190 e. The fourth-order valence-electron chi connectivity index (χ4n) is 2.44. The average molecular weight is 329 g/mol. The highest BCUT2D eigenvalue weighted by molar-refractivity contribution is 5.79. The van der Waals surface area contributed by atoms with Crippen LogP contribution in [0.1, 0.15) is 17.5 Å². The summed E-state index contributed by atoms with van der Waals surface area (Å²) in [5.41, 5.74) is 2.54. The summed E-state index contributed by atoms with van der Waals surface area (Å²) in [6, 6.07) is 8.15. The highest BCUT2D eigenvalue weighted by atomic mass is 16.5. The zero-order valence-electron chi connectivity index (χ0n) is 14.7. The van der Waals surface area contributed by atoms with Crippen LogP contribution in [0.5, 0.6) is 5.75 Å². The Labute approximate surface area is 143 Å². The number of nitrogens with zero attached hydrogens (tertiary/aromatic N) is 3. The van der Waals surface area contributed by atoms with Crippen molar-refractivity contribution in [2.75, 3.05) is 27.2 Å². The maximum absolute atomic E-state index is 5.17. The third-order valence-electron chi connectivity index (χ3n) is 3.78. The van der Waals surface area contributed by atoms with Crippen LogP contribution in [0.3, 0.4) is 0 Å². The molecule has 0 aliphatic carbocycles. The molecule has 1 heterocycles. The van der Waals surface area contributed by atoms with Gasteiger partial charge in [-0.2, -0.15) is 5.10 Å². The van der Waals surface area contributed by atoms with Crippen molar-refractivity contribution in [2.45, 2.75) is 19.3 Å². The van der Waals surface area contributed by atoms with Crippen LogP contribution in [0.4, 0.5) is 0 Å². The highest BCUT2D eigenvalue weighted by Crippen LogP contribution is 2.11. The van der Waals surface area contributed by atoms with Crippen molar-refractivity contribution in [1.29, 1.82) is 0 Å². The lowest BCUT2D eigenvalue weighted by Crippen LogP contribution is -2.38. The normalized spacial score (nSPS) is 11.4. The van der Waals surface area contributed by atoms with Crippen molar-refractivity contribution in [1.82, 2.24) is 20.4 Å². The van der Waals surface area contributed by atoms with E-state index in [1.165, 1.54) is 11.1 Å². The topological polar surface area (TPSA) is 63.5 Å². The Morgan fingerprint density at radius 2 is 1.88 bits per heavy atom. The Morgan fingerprint density at radius 1 is 1.12 bits per heavy atom. The molecule has 0 saturated carbocycles. The molecule has 0 saturated heterocycles. The molecule has 130 valence electrons. The fraction of sp³-hybridized carbons (Fsp3) is 0.444. The summed E-state index contributed by atoms with van der Waals surface area (Å²) in [4.78, 5) is 4.25. The van der Waals surface area contributed by atoms with Crippen LogP contribution in [-0.4, -0.2) is 43.0 Å². The maximum Gasteiger partial charge on any atom is 0.190 e. The van der Waals surface area contributed by atoms with Crippen molar-refractivity contribution < 1.29 is 4.74 Å². The lowest BCUT2D eigenvalue weighted by atomic mass is 10.1. The third-order valence-corrected chi connectivity index (χ3v) is 3.78. The summed E-state index contributed by atoms with van der Waals surface area (Å²) in [6.07, 6.45) is 6.98. The Morgan fingerprint density at radius 3 is 2.50 bits per heavy atom. The molecule has 1 aromatic carbocycles. The number of ether oxygens (including phenoxy) is 1. The van der Waals surface area contributed by atoms with E-state index in [4.69, 9.17) is 4.74 Å². The van der Waals surface area contributed by atoms with Gasteiger partial charge in [-0.1, -0.05) is 12.1 Å². The molecule has 2 rings (SSSR count). The van der Waals surface area contributed by atoms with E-state index in [1.54, 1.807) is 14.2 Å². The molecule has 0 fully saturated rings. The van der Waals surface area contributed by atoms with Gasteiger partial charge >= 0.3 is 0 Å². The van der Waals surface area contributed by atoms with Gasteiger partial charge in [-0.25, -0.2) is 0 Å². The van der Waals surface area contributed by atoms with Gasteiger partial charge in [-0.3, -0.25) is 9.67 Å². The maximum atomic E-state index is 5.17. The second-order valence-corrected chi connectivity index (χ2v) is 5.65. The summed E-state index contributed by atoms with van der Waals surface area (Å²) in [6.45, 7) is 1.73. The van der Waals surface area contributed by atoms with E-state index in [-0.39, 0.29) is 0 Å². The first kappa shape index (κ1) is 17.8. The predicted molar refractivity (Wildman–Crippen MR) is 97.6 cm³/mol. The minimum atomic E-state index is 0.842. The summed E-state index contributed by atoms with van der Waals surface area (Å²) >= 11 is 0. The molecule has 0 amide bonds. The van der Waals surface area contributed by atoms with E-state index < -0.39 is 0 Å². The van der Waals surface area contributed by atoms with Crippen molar-refractivity contribution >= 4 is 5.96 Å². The van der Waals surface area contributed by atoms with E-state index in [2.05, 4.69) is 39.1 Å². The Balaban J connectivity index is 1.62. The molecule has 2 N–H and O–H groups in total. The van der Waals surface area contributed by atoms with Crippen LogP contribution in [-0.2, 0) is 19.9 Å². The summed E-state index contributed by atoms with van der Waals surface area (Å²) < 4.78 is 7.00.